The Morgan fingerprint density at radius 1 is 1.24 bits per heavy atom. The van der Waals surface area contributed by atoms with E-state index in [1.165, 1.54) is 13.8 Å². The molecule has 17 heavy (non-hydrogen) atoms. The van der Waals surface area contributed by atoms with Crippen molar-refractivity contribution in [3.8, 4) is 0 Å². The SMILES string of the molecule is CCC(CC)NC(=O)C(C)S(=O)(=O)C(C)CN. The summed E-state index contributed by atoms with van der Waals surface area (Å²) in [5, 5.41) is 1.01. The first-order valence-corrected chi connectivity index (χ1v) is 7.65. The van der Waals surface area contributed by atoms with Gasteiger partial charge in [-0.15, -0.1) is 0 Å². The van der Waals surface area contributed by atoms with Gasteiger partial charge < -0.3 is 11.1 Å². The number of carbonyl (C=O) groups is 1. The number of amides is 1. The summed E-state index contributed by atoms with van der Waals surface area (Å²) in [7, 11) is -3.49. The summed E-state index contributed by atoms with van der Waals surface area (Å²) in [5.74, 6) is -0.431. The molecular weight excluding hydrogens is 240 g/mol. The van der Waals surface area contributed by atoms with Crippen LogP contribution in [0.1, 0.15) is 40.5 Å². The third-order valence-electron chi connectivity index (χ3n) is 3.09. The molecular formula is C11H24N2O3S. The molecule has 0 aromatic rings. The number of rotatable bonds is 7. The van der Waals surface area contributed by atoms with Gasteiger partial charge in [0.15, 0.2) is 9.84 Å². The smallest absolute Gasteiger partial charge is 0.238 e. The summed E-state index contributed by atoms with van der Waals surface area (Å²) in [6, 6.07) is 0.0355. The van der Waals surface area contributed by atoms with Gasteiger partial charge in [0.05, 0.1) is 5.25 Å². The van der Waals surface area contributed by atoms with Crippen LogP contribution in [0, 0.1) is 0 Å². The van der Waals surface area contributed by atoms with Gasteiger partial charge in [-0.05, 0) is 26.7 Å². The van der Waals surface area contributed by atoms with Crippen LogP contribution in [0.4, 0.5) is 0 Å². The van der Waals surface area contributed by atoms with Crippen LogP contribution in [0.15, 0.2) is 0 Å². The maximum atomic E-state index is 11.9. The fourth-order valence-electron chi connectivity index (χ4n) is 1.44. The molecule has 2 unspecified atom stereocenters. The van der Waals surface area contributed by atoms with E-state index < -0.39 is 26.2 Å². The van der Waals surface area contributed by atoms with Gasteiger partial charge in [-0.2, -0.15) is 0 Å². The van der Waals surface area contributed by atoms with E-state index in [0.717, 1.165) is 12.8 Å². The average Bonchev–Trinajstić information content (AvgIpc) is 2.33. The van der Waals surface area contributed by atoms with E-state index in [2.05, 4.69) is 5.32 Å². The fourth-order valence-corrected chi connectivity index (χ4v) is 2.77. The van der Waals surface area contributed by atoms with Crippen molar-refractivity contribution in [2.75, 3.05) is 6.54 Å². The Kier molecular flexibility index (Phi) is 6.70. The summed E-state index contributed by atoms with van der Waals surface area (Å²) in [6.45, 7) is 6.88. The Bertz CT molecular complexity index is 337. The van der Waals surface area contributed by atoms with Crippen molar-refractivity contribution in [2.45, 2.75) is 57.1 Å². The summed E-state index contributed by atoms with van der Waals surface area (Å²) < 4.78 is 23.8. The Morgan fingerprint density at radius 2 is 1.71 bits per heavy atom. The Hall–Kier alpha value is -0.620. The maximum Gasteiger partial charge on any atom is 0.238 e. The number of hydrogen-bond acceptors (Lipinski definition) is 4. The number of nitrogens with two attached hydrogens (primary N) is 1. The quantitative estimate of drug-likeness (QED) is 0.698. The first-order valence-electron chi connectivity index (χ1n) is 6.04. The van der Waals surface area contributed by atoms with E-state index in [1.54, 1.807) is 0 Å². The minimum atomic E-state index is -3.49. The molecule has 0 aromatic carbocycles. The minimum absolute atomic E-state index is 0.0327. The highest BCUT2D eigenvalue weighted by Crippen LogP contribution is 2.10. The molecule has 0 aromatic heterocycles. The van der Waals surface area contributed by atoms with Gasteiger partial charge in [-0.1, -0.05) is 13.8 Å². The second-order valence-corrected chi connectivity index (χ2v) is 6.99. The van der Waals surface area contributed by atoms with E-state index in [9.17, 15) is 13.2 Å². The Balaban J connectivity index is 4.71. The lowest BCUT2D eigenvalue weighted by atomic mass is 10.2. The highest BCUT2D eigenvalue weighted by molar-refractivity contribution is 7.93. The molecule has 102 valence electrons. The zero-order valence-corrected chi connectivity index (χ0v) is 11.9. The molecule has 2 atom stereocenters. The summed E-state index contributed by atoms with van der Waals surface area (Å²) in [4.78, 5) is 11.8. The van der Waals surface area contributed by atoms with Crippen molar-refractivity contribution in [2.24, 2.45) is 5.73 Å². The molecule has 1 amide bonds. The molecule has 0 spiro atoms. The van der Waals surface area contributed by atoms with Crippen molar-refractivity contribution in [3.63, 3.8) is 0 Å². The number of sulfone groups is 1. The van der Waals surface area contributed by atoms with Crippen molar-refractivity contribution < 1.29 is 13.2 Å². The Morgan fingerprint density at radius 3 is 2.06 bits per heavy atom. The van der Waals surface area contributed by atoms with Gasteiger partial charge in [0.25, 0.3) is 0 Å². The topological polar surface area (TPSA) is 89.3 Å². The lowest BCUT2D eigenvalue weighted by Crippen LogP contribution is -2.46. The zero-order valence-electron chi connectivity index (χ0n) is 11.1. The summed E-state index contributed by atoms with van der Waals surface area (Å²) >= 11 is 0. The van der Waals surface area contributed by atoms with E-state index in [4.69, 9.17) is 5.73 Å². The van der Waals surface area contributed by atoms with Gasteiger partial charge in [0.2, 0.25) is 5.91 Å². The highest BCUT2D eigenvalue weighted by Gasteiger charge is 2.32. The summed E-state index contributed by atoms with van der Waals surface area (Å²) in [5.41, 5.74) is 5.34. The molecule has 0 heterocycles. The predicted molar refractivity (Wildman–Crippen MR) is 69.4 cm³/mol. The molecule has 0 saturated carbocycles. The van der Waals surface area contributed by atoms with Crippen molar-refractivity contribution >= 4 is 15.7 Å². The molecule has 0 rings (SSSR count). The van der Waals surface area contributed by atoms with Crippen LogP contribution in [-0.2, 0) is 14.6 Å². The molecule has 0 fully saturated rings. The molecule has 0 aliphatic rings. The molecule has 0 aliphatic heterocycles. The van der Waals surface area contributed by atoms with Crippen molar-refractivity contribution in [1.29, 1.82) is 0 Å². The predicted octanol–water partition coefficient (Wildman–Crippen LogP) is 0.442. The third kappa shape index (κ3) is 4.27. The highest BCUT2D eigenvalue weighted by atomic mass is 32.2. The van der Waals surface area contributed by atoms with Crippen LogP contribution in [0.5, 0.6) is 0 Å². The lowest BCUT2D eigenvalue weighted by molar-refractivity contribution is -0.121. The number of hydrogen-bond donors (Lipinski definition) is 2. The molecule has 6 heteroatoms. The van der Waals surface area contributed by atoms with E-state index in [1.807, 2.05) is 13.8 Å². The van der Waals surface area contributed by atoms with Crippen LogP contribution in [-0.4, -0.2) is 37.4 Å². The van der Waals surface area contributed by atoms with Gasteiger partial charge in [-0.25, -0.2) is 8.42 Å². The van der Waals surface area contributed by atoms with Crippen LogP contribution in [0.2, 0.25) is 0 Å². The molecule has 3 N–H and O–H groups in total. The second kappa shape index (κ2) is 6.96. The largest absolute Gasteiger partial charge is 0.352 e. The first-order chi connectivity index (χ1) is 7.81. The van der Waals surface area contributed by atoms with Gasteiger partial charge in [0, 0.05) is 12.6 Å². The molecule has 0 aliphatic carbocycles. The molecule has 5 nitrogen and oxygen atoms in total. The van der Waals surface area contributed by atoms with Gasteiger partial charge >= 0.3 is 0 Å². The van der Waals surface area contributed by atoms with E-state index in [-0.39, 0.29) is 12.6 Å². The third-order valence-corrected chi connectivity index (χ3v) is 5.60. The monoisotopic (exact) mass is 264 g/mol. The van der Waals surface area contributed by atoms with Crippen LogP contribution in [0.3, 0.4) is 0 Å². The van der Waals surface area contributed by atoms with Crippen LogP contribution in [0.25, 0.3) is 0 Å². The fraction of sp³-hybridized carbons (Fsp3) is 0.909. The molecule has 0 saturated heterocycles. The van der Waals surface area contributed by atoms with Crippen molar-refractivity contribution in [1.82, 2.24) is 5.32 Å². The van der Waals surface area contributed by atoms with Gasteiger partial charge in [0.1, 0.15) is 5.25 Å². The normalized spacial score (nSPS) is 15.6. The van der Waals surface area contributed by atoms with Crippen LogP contribution >= 0.6 is 0 Å². The van der Waals surface area contributed by atoms with E-state index in [0.29, 0.717) is 0 Å². The zero-order chi connectivity index (χ0) is 13.6. The first kappa shape index (κ1) is 16.4. The van der Waals surface area contributed by atoms with Crippen LogP contribution < -0.4 is 11.1 Å². The minimum Gasteiger partial charge on any atom is -0.352 e. The number of nitrogens with one attached hydrogen (secondary N) is 1. The standard InChI is InChI=1S/C11H24N2O3S/c1-5-10(6-2)13-11(14)9(4)17(15,16)8(3)7-12/h8-10H,5-7,12H2,1-4H3,(H,13,14). The molecule has 0 bridgehead atoms. The lowest BCUT2D eigenvalue weighted by Gasteiger charge is -2.20. The van der Waals surface area contributed by atoms with Crippen molar-refractivity contribution in [3.05, 3.63) is 0 Å². The maximum absolute atomic E-state index is 11.9. The van der Waals surface area contributed by atoms with Gasteiger partial charge in [-0.3, -0.25) is 4.79 Å². The number of carbonyl (C=O) groups excluding carboxylic acids is 1. The second-order valence-electron chi connectivity index (χ2n) is 4.30. The summed E-state index contributed by atoms with van der Waals surface area (Å²) in [6.07, 6.45) is 1.59. The Labute approximate surface area is 104 Å². The van der Waals surface area contributed by atoms with E-state index >= 15 is 0 Å². The average molecular weight is 264 g/mol. The molecule has 0 radical (unpaired) electrons.